The van der Waals surface area contributed by atoms with Gasteiger partial charge in [-0.1, -0.05) is 37.3 Å². The van der Waals surface area contributed by atoms with Crippen molar-refractivity contribution in [1.29, 1.82) is 10.5 Å². The lowest BCUT2D eigenvalue weighted by atomic mass is 9.85. The molecule has 2 heterocycles. The van der Waals surface area contributed by atoms with Gasteiger partial charge in [-0.2, -0.15) is 10.5 Å². The Morgan fingerprint density at radius 1 is 1.26 bits per heavy atom. The number of aliphatic imine (C=N–C) groups is 1. The first-order valence-corrected chi connectivity index (χ1v) is 7.51. The third kappa shape index (κ3) is 1.12. The van der Waals surface area contributed by atoms with E-state index in [2.05, 4.69) is 17.1 Å². The van der Waals surface area contributed by atoms with Crippen molar-refractivity contribution in [3.8, 4) is 12.1 Å². The summed E-state index contributed by atoms with van der Waals surface area (Å²) in [5.74, 6) is -1.40. The fourth-order valence-electron chi connectivity index (χ4n) is 4.60. The van der Waals surface area contributed by atoms with Crippen LogP contribution in [0.15, 0.2) is 35.3 Å². The first-order chi connectivity index (χ1) is 11.0. The molecule has 116 valence electrons. The minimum Gasteiger partial charge on any atom is -0.386 e. The quantitative estimate of drug-likeness (QED) is 0.845. The molecule has 3 aliphatic rings. The van der Waals surface area contributed by atoms with Crippen LogP contribution in [-0.4, -0.2) is 24.5 Å². The number of ether oxygens (including phenoxy) is 2. The average molecular weight is 308 g/mol. The van der Waals surface area contributed by atoms with Crippen LogP contribution >= 0.6 is 0 Å². The maximum absolute atomic E-state index is 10.1. The van der Waals surface area contributed by atoms with Crippen molar-refractivity contribution in [1.82, 2.24) is 0 Å². The van der Waals surface area contributed by atoms with Crippen molar-refractivity contribution in [2.75, 3.05) is 6.61 Å². The fourth-order valence-corrected chi connectivity index (χ4v) is 4.60. The van der Waals surface area contributed by atoms with E-state index in [1.165, 1.54) is 0 Å². The average Bonchev–Trinajstić information content (AvgIpc) is 2.74. The molecule has 2 aliphatic heterocycles. The van der Waals surface area contributed by atoms with Gasteiger partial charge in [-0.3, -0.25) is 0 Å². The molecule has 0 aromatic heterocycles. The van der Waals surface area contributed by atoms with E-state index in [1.54, 1.807) is 0 Å². The van der Waals surface area contributed by atoms with Crippen LogP contribution in [-0.2, 0) is 14.9 Å². The first kappa shape index (κ1) is 14.2. The molecule has 2 N–H and O–H groups in total. The zero-order valence-electron chi connectivity index (χ0n) is 12.9. The standard InChI is InChI=1S/C17H16N4O2/c1-11-8-22-17(23-11)16(10-19)14(2,12-6-4-3-5-7-12)15(16,9-18)13(20)21-17/h3-7,11H,8H2,1-2H3,(H2,20,21)/t11-,14-,15-,16+,17-/m0/s1. The van der Waals surface area contributed by atoms with Crippen LogP contribution in [0.1, 0.15) is 19.4 Å². The summed E-state index contributed by atoms with van der Waals surface area (Å²) in [5, 5.41) is 20.1. The molecule has 4 rings (SSSR count). The number of rotatable bonds is 1. The van der Waals surface area contributed by atoms with E-state index in [0.717, 1.165) is 5.56 Å². The molecule has 5 atom stereocenters. The molecule has 6 nitrogen and oxygen atoms in total. The summed E-state index contributed by atoms with van der Waals surface area (Å²) in [7, 11) is 0. The summed E-state index contributed by atoms with van der Waals surface area (Å²) in [4.78, 5) is 4.31. The predicted molar refractivity (Wildman–Crippen MR) is 80.7 cm³/mol. The van der Waals surface area contributed by atoms with E-state index in [4.69, 9.17) is 15.2 Å². The summed E-state index contributed by atoms with van der Waals surface area (Å²) in [5.41, 5.74) is 3.62. The number of nitrogens with zero attached hydrogens (tertiary/aromatic N) is 3. The lowest BCUT2D eigenvalue weighted by Crippen LogP contribution is -2.42. The Kier molecular flexibility index (Phi) is 2.42. The van der Waals surface area contributed by atoms with Crippen molar-refractivity contribution >= 4 is 5.84 Å². The Morgan fingerprint density at radius 2 is 1.96 bits per heavy atom. The summed E-state index contributed by atoms with van der Waals surface area (Å²) in [6, 6.07) is 14.0. The smallest absolute Gasteiger partial charge is 0.294 e. The van der Waals surface area contributed by atoms with Gasteiger partial charge in [-0.25, -0.2) is 4.99 Å². The van der Waals surface area contributed by atoms with Crippen molar-refractivity contribution < 1.29 is 9.47 Å². The Labute approximate surface area is 134 Å². The van der Waals surface area contributed by atoms with Crippen LogP contribution < -0.4 is 5.73 Å². The van der Waals surface area contributed by atoms with Crippen LogP contribution in [0, 0.1) is 33.5 Å². The molecule has 1 aromatic carbocycles. The van der Waals surface area contributed by atoms with Gasteiger partial charge in [-0.15, -0.1) is 0 Å². The van der Waals surface area contributed by atoms with Gasteiger partial charge < -0.3 is 15.2 Å². The number of hydrogen-bond donors (Lipinski definition) is 1. The summed E-state index contributed by atoms with van der Waals surface area (Å²) < 4.78 is 11.7. The topological polar surface area (TPSA) is 104 Å². The maximum atomic E-state index is 10.1. The maximum Gasteiger partial charge on any atom is 0.294 e. The number of nitrogens with two attached hydrogens (primary N) is 1. The molecule has 23 heavy (non-hydrogen) atoms. The Balaban J connectivity index is 2.01. The Morgan fingerprint density at radius 3 is 2.48 bits per heavy atom. The van der Waals surface area contributed by atoms with E-state index < -0.39 is 22.2 Å². The number of hydrogen-bond acceptors (Lipinski definition) is 6. The van der Waals surface area contributed by atoms with E-state index >= 15 is 0 Å². The van der Waals surface area contributed by atoms with Gasteiger partial charge in [0.25, 0.3) is 5.91 Å². The second-order valence-electron chi connectivity index (χ2n) is 6.53. The zero-order chi connectivity index (χ0) is 16.5. The van der Waals surface area contributed by atoms with Crippen LogP contribution in [0.4, 0.5) is 0 Å². The van der Waals surface area contributed by atoms with Gasteiger partial charge in [0.05, 0.1) is 24.8 Å². The lowest BCUT2D eigenvalue weighted by molar-refractivity contribution is -0.196. The van der Waals surface area contributed by atoms with Gasteiger partial charge in [0.15, 0.2) is 10.8 Å². The van der Waals surface area contributed by atoms with E-state index in [9.17, 15) is 10.5 Å². The molecule has 1 saturated carbocycles. The van der Waals surface area contributed by atoms with Crippen LogP contribution in [0.5, 0.6) is 0 Å². The highest BCUT2D eigenvalue weighted by Gasteiger charge is 3.00. The van der Waals surface area contributed by atoms with E-state index in [1.807, 2.05) is 44.2 Å². The normalized spacial score (nSPS) is 46.8. The summed E-state index contributed by atoms with van der Waals surface area (Å²) in [6.07, 6.45) is -0.216. The highest BCUT2D eigenvalue weighted by atomic mass is 16.8. The van der Waals surface area contributed by atoms with Crippen molar-refractivity contribution in [2.45, 2.75) is 31.3 Å². The van der Waals surface area contributed by atoms with Gasteiger partial charge >= 0.3 is 0 Å². The second-order valence-corrected chi connectivity index (χ2v) is 6.53. The summed E-state index contributed by atoms with van der Waals surface area (Å²) >= 11 is 0. The Hall–Kier alpha value is -2.41. The highest BCUT2D eigenvalue weighted by molar-refractivity contribution is 6.02. The molecular formula is C17H16N4O2. The van der Waals surface area contributed by atoms with E-state index in [0.29, 0.717) is 6.61 Å². The SMILES string of the molecule is C[C@H]1CO[C@]2(N=C(N)[C@@]3(C#N)[C@](C)(c4ccccc4)[C@@]23C#N)O1. The third-order valence-corrected chi connectivity index (χ3v) is 5.69. The highest BCUT2D eigenvalue weighted by Crippen LogP contribution is 2.85. The summed E-state index contributed by atoms with van der Waals surface area (Å²) in [6.45, 7) is 4.03. The predicted octanol–water partition coefficient (Wildman–Crippen LogP) is 1.44. The zero-order valence-corrected chi connectivity index (χ0v) is 12.9. The minimum absolute atomic E-state index is 0.113. The molecule has 6 heteroatoms. The van der Waals surface area contributed by atoms with Crippen LogP contribution in [0.3, 0.4) is 0 Å². The molecule has 2 fully saturated rings. The van der Waals surface area contributed by atoms with Gasteiger partial charge in [0.1, 0.15) is 5.84 Å². The van der Waals surface area contributed by atoms with Gasteiger partial charge in [0.2, 0.25) is 0 Å². The fraction of sp³-hybridized carbons (Fsp3) is 0.471. The molecule has 1 aliphatic carbocycles. The molecule has 0 bridgehead atoms. The molecular weight excluding hydrogens is 292 g/mol. The second kappa shape index (κ2) is 3.91. The molecule has 1 spiro atoms. The lowest BCUT2D eigenvalue weighted by Gasteiger charge is -2.29. The van der Waals surface area contributed by atoms with Crippen molar-refractivity contribution in [3.05, 3.63) is 35.9 Å². The largest absolute Gasteiger partial charge is 0.386 e. The van der Waals surface area contributed by atoms with Crippen LogP contribution in [0.2, 0.25) is 0 Å². The number of benzene rings is 1. The Bertz CT molecular complexity index is 810. The molecule has 0 amide bonds. The number of nitriles is 2. The molecule has 0 radical (unpaired) electrons. The number of amidine groups is 1. The van der Waals surface area contributed by atoms with E-state index in [-0.39, 0.29) is 11.9 Å². The molecule has 1 saturated heterocycles. The minimum atomic E-state index is -1.51. The van der Waals surface area contributed by atoms with Crippen LogP contribution in [0.25, 0.3) is 0 Å². The number of fused-ring (bicyclic) bond motifs is 2. The third-order valence-electron chi connectivity index (χ3n) is 5.69. The molecule has 0 unspecified atom stereocenters. The molecule has 1 aromatic rings. The monoisotopic (exact) mass is 308 g/mol. The van der Waals surface area contributed by atoms with Gasteiger partial charge in [-0.05, 0) is 12.5 Å². The first-order valence-electron chi connectivity index (χ1n) is 7.51. The van der Waals surface area contributed by atoms with Gasteiger partial charge in [0, 0.05) is 5.41 Å². The van der Waals surface area contributed by atoms with Crippen molar-refractivity contribution in [2.24, 2.45) is 21.6 Å². The van der Waals surface area contributed by atoms with Crippen molar-refractivity contribution in [3.63, 3.8) is 0 Å².